The molecule has 1 aromatic heterocycles. The normalized spacial score (nSPS) is 20.1. The molecule has 2 heterocycles. The molecule has 2 aromatic rings. The van der Waals surface area contributed by atoms with Crippen LogP contribution < -0.4 is 4.74 Å². The molecule has 1 fully saturated rings. The molecule has 132 valence electrons. The van der Waals surface area contributed by atoms with Gasteiger partial charge in [-0.3, -0.25) is 4.79 Å². The van der Waals surface area contributed by atoms with Crippen LogP contribution in [-0.4, -0.2) is 39.7 Å². The lowest BCUT2D eigenvalue weighted by atomic mass is 10.0. The van der Waals surface area contributed by atoms with E-state index in [1.54, 1.807) is 29.2 Å². The lowest BCUT2D eigenvalue weighted by Crippen LogP contribution is -2.31. The Balaban J connectivity index is 1.85. The van der Waals surface area contributed by atoms with E-state index < -0.39 is 6.10 Å². The number of nitrogens with zero attached hydrogens (tertiary/aromatic N) is 2. The quantitative estimate of drug-likeness (QED) is 0.926. The second-order valence-electron chi connectivity index (χ2n) is 6.46. The first-order chi connectivity index (χ1) is 11.9. The minimum Gasteiger partial charge on any atom is -0.475 e. The molecule has 0 bridgehead atoms. The van der Waals surface area contributed by atoms with Crippen molar-refractivity contribution in [1.82, 2.24) is 9.88 Å². The van der Waals surface area contributed by atoms with Crippen molar-refractivity contribution < 1.29 is 19.0 Å². The Labute approximate surface area is 146 Å². The third kappa shape index (κ3) is 3.96. The Morgan fingerprint density at radius 3 is 2.72 bits per heavy atom. The summed E-state index contributed by atoms with van der Waals surface area (Å²) in [5.74, 6) is -0.148. The molecule has 0 aliphatic carbocycles. The molecular formula is C19H21FN2O3. The van der Waals surface area contributed by atoms with E-state index in [1.165, 1.54) is 18.3 Å². The number of carbonyl (C=O) groups is 1. The van der Waals surface area contributed by atoms with Gasteiger partial charge in [0.15, 0.2) is 0 Å². The molecule has 6 heteroatoms. The van der Waals surface area contributed by atoms with Gasteiger partial charge in [0.05, 0.1) is 18.2 Å². The van der Waals surface area contributed by atoms with Crippen LogP contribution in [0.1, 0.15) is 42.2 Å². The zero-order valence-electron chi connectivity index (χ0n) is 14.2. The van der Waals surface area contributed by atoms with Crippen molar-refractivity contribution in [2.24, 2.45) is 0 Å². The Morgan fingerprint density at radius 1 is 1.32 bits per heavy atom. The molecule has 1 aliphatic heterocycles. The first kappa shape index (κ1) is 17.4. The molecule has 0 radical (unpaired) electrons. The summed E-state index contributed by atoms with van der Waals surface area (Å²) in [5, 5.41) is 10.1. The number of pyridine rings is 1. The Hall–Kier alpha value is -2.47. The van der Waals surface area contributed by atoms with Gasteiger partial charge >= 0.3 is 0 Å². The number of ether oxygens (including phenoxy) is 1. The van der Waals surface area contributed by atoms with Gasteiger partial charge in [0, 0.05) is 24.4 Å². The van der Waals surface area contributed by atoms with Gasteiger partial charge in [0.1, 0.15) is 5.82 Å². The summed E-state index contributed by atoms with van der Waals surface area (Å²) in [6.07, 6.45) is 1.31. The molecule has 1 amide bonds. The van der Waals surface area contributed by atoms with Crippen LogP contribution in [0, 0.1) is 5.82 Å². The van der Waals surface area contributed by atoms with Crippen LogP contribution in [0.25, 0.3) is 0 Å². The smallest absolute Gasteiger partial charge is 0.254 e. The van der Waals surface area contributed by atoms with Gasteiger partial charge in [0.25, 0.3) is 5.91 Å². The first-order valence-corrected chi connectivity index (χ1v) is 8.31. The zero-order chi connectivity index (χ0) is 18.0. The topological polar surface area (TPSA) is 62.7 Å². The van der Waals surface area contributed by atoms with Crippen LogP contribution in [-0.2, 0) is 0 Å². The number of amides is 1. The van der Waals surface area contributed by atoms with Crippen LogP contribution in [0.15, 0.2) is 42.6 Å². The van der Waals surface area contributed by atoms with Crippen molar-refractivity contribution in [3.63, 3.8) is 0 Å². The third-order valence-electron chi connectivity index (χ3n) is 4.13. The fraction of sp³-hybridized carbons (Fsp3) is 0.368. The molecule has 3 rings (SSSR count). The van der Waals surface area contributed by atoms with Crippen LogP contribution in [0.2, 0.25) is 0 Å². The maximum atomic E-state index is 13.2. The average Bonchev–Trinajstić information content (AvgIpc) is 2.96. The third-order valence-corrected chi connectivity index (χ3v) is 4.13. The summed E-state index contributed by atoms with van der Waals surface area (Å²) in [7, 11) is 0. The van der Waals surface area contributed by atoms with Gasteiger partial charge in [-0.2, -0.15) is 0 Å². The summed E-state index contributed by atoms with van der Waals surface area (Å²) >= 11 is 0. The number of aromatic nitrogens is 1. The van der Waals surface area contributed by atoms with Crippen LogP contribution in [0.4, 0.5) is 4.39 Å². The van der Waals surface area contributed by atoms with Crippen molar-refractivity contribution in [2.45, 2.75) is 38.5 Å². The standard InChI is InChI=1S/C19H21FN2O3/c1-12(2)25-18-9-14(7-8-21-18)19(24)22-11-16(23)10-17(22)13-3-5-15(20)6-4-13/h3-9,12,16-17,23H,10-11H2,1-2H3/t16-,17-/m0/s1. The number of aliphatic hydroxyl groups excluding tert-OH is 1. The summed E-state index contributed by atoms with van der Waals surface area (Å²) in [6.45, 7) is 4.01. The number of halogens is 1. The van der Waals surface area contributed by atoms with Gasteiger partial charge in [-0.05, 0) is 44.0 Å². The fourth-order valence-corrected chi connectivity index (χ4v) is 3.05. The highest BCUT2D eigenvalue weighted by molar-refractivity contribution is 5.95. The number of hydrogen-bond donors (Lipinski definition) is 1. The predicted molar refractivity (Wildman–Crippen MR) is 90.8 cm³/mol. The van der Waals surface area contributed by atoms with E-state index in [0.717, 1.165) is 5.56 Å². The average molecular weight is 344 g/mol. The van der Waals surface area contributed by atoms with Crippen LogP contribution >= 0.6 is 0 Å². The van der Waals surface area contributed by atoms with Crippen molar-refractivity contribution in [3.05, 3.63) is 59.5 Å². The van der Waals surface area contributed by atoms with Crippen molar-refractivity contribution >= 4 is 5.91 Å². The molecule has 1 aromatic carbocycles. The lowest BCUT2D eigenvalue weighted by Gasteiger charge is -2.25. The predicted octanol–water partition coefficient (Wildman–Crippen LogP) is 2.96. The Bertz CT molecular complexity index is 749. The number of likely N-dealkylation sites (tertiary alicyclic amines) is 1. The van der Waals surface area contributed by atoms with E-state index in [-0.39, 0.29) is 30.4 Å². The van der Waals surface area contributed by atoms with E-state index in [9.17, 15) is 14.3 Å². The number of carbonyl (C=O) groups excluding carboxylic acids is 1. The summed E-state index contributed by atoms with van der Waals surface area (Å²) in [4.78, 5) is 18.7. The minimum absolute atomic E-state index is 0.0431. The SMILES string of the molecule is CC(C)Oc1cc(C(=O)N2C[C@@H](O)C[C@H]2c2ccc(F)cc2)ccn1. The van der Waals surface area contributed by atoms with Gasteiger partial charge in [-0.25, -0.2) is 9.37 Å². The highest BCUT2D eigenvalue weighted by Gasteiger charge is 2.35. The molecule has 0 unspecified atom stereocenters. The lowest BCUT2D eigenvalue weighted by molar-refractivity contribution is 0.0715. The number of hydrogen-bond acceptors (Lipinski definition) is 4. The van der Waals surface area contributed by atoms with Gasteiger partial charge < -0.3 is 14.7 Å². The first-order valence-electron chi connectivity index (χ1n) is 8.31. The molecule has 1 aliphatic rings. The summed E-state index contributed by atoms with van der Waals surface area (Å²) in [5.41, 5.74) is 1.26. The highest BCUT2D eigenvalue weighted by Crippen LogP contribution is 2.33. The van der Waals surface area contributed by atoms with E-state index in [4.69, 9.17) is 4.74 Å². The molecular weight excluding hydrogens is 323 g/mol. The van der Waals surface area contributed by atoms with Crippen molar-refractivity contribution in [2.75, 3.05) is 6.54 Å². The molecule has 1 saturated heterocycles. The molecule has 5 nitrogen and oxygen atoms in total. The second-order valence-corrected chi connectivity index (χ2v) is 6.46. The van der Waals surface area contributed by atoms with E-state index in [1.807, 2.05) is 13.8 Å². The largest absolute Gasteiger partial charge is 0.475 e. The van der Waals surface area contributed by atoms with E-state index in [0.29, 0.717) is 17.9 Å². The van der Waals surface area contributed by atoms with Gasteiger partial charge in [-0.15, -0.1) is 0 Å². The number of rotatable bonds is 4. The molecule has 25 heavy (non-hydrogen) atoms. The Morgan fingerprint density at radius 2 is 2.04 bits per heavy atom. The maximum Gasteiger partial charge on any atom is 0.254 e. The molecule has 0 spiro atoms. The molecule has 2 atom stereocenters. The zero-order valence-corrected chi connectivity index (χ0v) is 14.2. The number of β-amino-alcohol motifs (C(OH)–C–C–N with tert-alkyl or cyclic N) is 1. The second kappa shape index (κ2) is 7.19. The van der Waals surface area contributed by atoms with E-state index in [2.05, 4.69) is 4.98 Å². The van der Waals surface area contributed by atoms with Crippen LogP contribution in [0.3, 0.4) is 0 Å². The van der Waals surface area contributed by atoms with Gasteiger partial charge in [0.2, 0.25) is 5.88 Å². The van der Waals surface area contributed by atoms with Crippen LogP contribution in [0.5, 0.6) is 5.88 Å². The monoisotopic (exact) mass is 344 g/mol. The number of aliphatic hydroxyl groups is 1. The number of benzene rings is 1. The minimum atomic E-state index is -0.604. The maximum absolute atomic E-state index is 13.2. The van der Waals surface area contributed by atoms with Gasteiger partial charge in [-0.1, -0.05) is 12.1 Å². The van der Waals surface area contributed by atoms with E-state index >= 15 is 0 Å². The molecule has 0 saturated carbocycles. The summed E-state index contributed by atoms with van der Waals surface area (Å²) in [6, 6.07) is 8.98. The van der Waals surface area contributed by atoms with Crippen molar-refractivity contribution in [3.8, 4) is 5.88 Å². The fourth-order valence-electron chi connectivity index (χ4n) is 3.05. The Kier molecular flexibility index (Phi) is 4.99. The highest BCUT2D eigenvalue weighted by atomic mass is 19.1. The summed E-state index contributed by atoms with van der Waals surface area (Å²) < 4.78 is 18.7. The molecule has 1 N–H and O–H groups in total. The van der Waals surface area contributed by atoms with Crippen molar-refractivity contribution in [1.29, 1.82) is 0 Å².